The van der Waals surface area contributed by atoms with Gasteiger partial charge in [0.2, 0.25) is 0 Å². The van der Waals surface area contributed by atoms with E-state index in [9.17, 15) is 4.79 Å². The normalized spacial score (nSPS) is 24.5. The van der Waals surface area contributed by atoms with Gasteiger partial charge in [0.05, 0.1) is 6.04 Å². The molecule has 0 bridgehead atoms. The molecule has 11 heavy (non-hydrogen) atoms. The molecule has 0 aliphatic carbocycles. The molecule has 0 aromatic carbocycles. The molecule has 1 amide bonds. The Kier molecular flexibility index (Phi) is 2.34. The molecule has 64 valence electrons. The van der Waals surface area contributed by atoms with Crippen LogP contribution >= 0.6 is 0 Å². The predicted octanol–water partition coefficient (Wildman–Crippen LogP) is 0.598. The average molecular weight is 158 g/mol. The molecule has 4 heteroatoms. The Morgan fingerprint density at radius 3 is 2.73 bits per heavy atom. The SMILES string of the molecule is CNN1C(=O)OCC1C(C)C. The summed E-state index contributed by atoms with van der Waals surface area (Å²) in [5, 5.41) is 1.53. The highest BCUT2D eigenvalue weighted by molar-refractivity contribution is 5.69. The molecule has 1 N–H and O–H groups in total. The summed E-state index contributed by atoms with van der Waals surface area (Å²) >= 11 is 0. The number of amides is 1. The van der Waals surface area contributed by atoms with Gasteiger partial charge >= 0.3 is 6.09 Å². The minimum absolute atomic E-state index is 0.174. The third-order valence-corrected chi connectivity index (χ3v) is 1.92. The van der Waals surface area contributed by atoms with Gasteiger partial charge < -0.3 is 4.74 Å². The maximum absolute atomic E-state index is 11.0. The van der Waals surface area contributed by atoms with Gasteiger partial charge in [0, 0.05) is 7.05 Å². The van der Waals surface area contributed by atoms with Gasteiger partial charge in [-0.05, 0) is 5.92 Å². The summed E-state index contributed by atoms with van der Waals surface area (Å²) < 4.78 is 4.85. The highest BCUT2D eigenvalue weighted by atomic mass is 16.6. The molecular weight excluding hydrogens is 144 g/mol. The zero-order valence-electron chi connectivity index (χ0n) is 7.13. The number of ether oxygens (including phenoxy) is 1. The van der Waals surface area contributed by atoms with E-state index in [1.54, 1.807) is 7.05 Å². The smallest absolute Gasteiger partial charge is 0.424 e. The lowest BCUT2D eigenvalue weighted by Gasteiger charge is -2.22. The van der Waals surface area contributed by atoms with Crippen LogP contribution in [0.15, 0.2) is 0 Å². The largest absolute Gasteiger partial charge is 0.446 e. The molecule has 1 heterocycles. The molecule has 1 unspecified atom stereocenters. The number of hydrazine groups is 1. The van der Waals surface area contributed by atoms with E-state index in [1.165, 1.54) is 5.01 Å². The summed E-state index contributed by atoms with van der Waals surface area (Å²) in [6.07, 6.45) is -0.272. The molecule has 4 nitrogen and oxygen atoms in total. The predicted molar refractivity (Wildman–Crippen MR) is 40.9 cm³/mol. The van der Waals surface area contributed by atoms with Crippen LogP contribution in [0.5, 0.6) is 0 Å². The number of rotatable bonds is 2. The fourth-order valence-electron chi connectivity index (χ4n) is 1.18. The first-order valence-electron chi connectivity index (χ1n) is 3.80. The summed E-state index contributed by atoms with van der Waals surface area (Å²) in [4.78, 5) is 11.0. The molecule has 1 fully saturated rings. The van der Waals surface area contributed by atoms with E-state index in [2.05, 4.69) is 19.3 Å². The molecule has 1 saturated heterocycles. The molecule has 1 aliphatic heterocycles. The van der Waals surface area contributed by atoms with Crippen molar-refractivity contribution < 1.29 is 9.53 Å². The number of cyclic esters (lactones) is 1. The van der Waals surface area contributed by atoms with Gasteiger partial charge in [-0.3, -0.25) is 0 Å². The highest BCUT2D eigenvalue weighted by Gasteiger charge is 2.33. The second-order valence-electron chi connectivity index (χ2n) is 2.98. The fourth-order valence-corrected chi connectivity index (χ4v) is 1.18. The van der Waals surface area contributed by atoms with Gasteiger partial charge in [0.25, 0.3) is 0 Å². The Morgan fingerprint density at radius 2 is 2.36 bits per heavy atom. The van der Waals surface area contributed by atoms with E-state index in [-0.39, 0.29) is 12.1 Å². The Bertz CT molecular complexity index is 159. The quantitative estimate of drug-likeness (QED) is 0.639. The molecule has 1 rings (SSSR count). The van der Waals surface area contributed by atoms with Crippen molar-refractivity contribution in [1.82, 2.24) is 10.4 Å². The monoisotopic (exact) mass is 158 g/mol. The lowest BCUT2D eigenvalue weighted by molar-refractivity contribution is 0.141. The van der Waals surface area contributed by atoms with Gasteiger partial charge in [0.1, 0.15) is 6.61 Å². The van der Waals surface area contributed by atoms with Crippen molar-refractivity contribution in [2.24, 2.45) is 5.92 Å². The van der Waals surface area contributed by atoms with Gasteiger partial charge in [-0.2, -0.15) is 0 Å². The van der Waals surface area contributed by atoms with Crippen molar-refractivity contribution in [1.29, 1.82) is 0 Å². The van der Waals surface area contributed by atoms with Gasteiger partial charge in [-0.25, -0.2) is 15.2 Å². The zero-order valence-corrected chi connectivity index (χ0v) is 7.13. The van der Waals surface area contributed by atoms with Crippen LogP contribution in [0.1, 0.15) is 13.8 Å². The number of carbonyl (C=O) groups is 1. The van der Waals surface area contributed by atoms with Crippen LogP contribution in [0.4, 0.5) is 4.79 Å². The third-order valence-electron chi connectivity index (χ3n) is 1.92. The lowest BCUT2D eigenvalue weighted by atomic mass is 10.1. The van der Waals surface area contributed by atoms with E-state index >= 15 is 0 Å². The van der Waals surface area contributed by atoms with Crippen LogP contribution in [0.25, 0.3) is 0 Å². The van der Waals surface area contributed by atoms with Crippen molar-refractivity contribution in [3.8, 4) is 0 Å². The topological polar surface area (TPSA) is 41.6 Å². The van der Waals surface area contributed by atoms with Crippen LogP contribution in [0.2, 0.25) is 0 Å². The van der Waals surface area contributed by atoms with Crippen molar-refractivity contribution in [3.05, 3.63) is 0 Å². The van der Waals surface area contributed by atoms with Crippen molar-refractivity contribution >= 4 is 6.09 Å². The van der Waals surface area contributed by atoms with Gasteiger partial charge in [0.15, 0.2) is 0 Å². The van der Waals surface area contributed by atoms with Crippen molar-refractivity contribution in [3.63, 3.8) is 0 Å². The Balaban J connectivity index is 2.61. The standard InChI is InChI=1S/C7H14N2O2/c1-5(2)6-4-11-7(10)9(6)8-3/h5-6,8H,4H2,1-3H3. The Morgan fingerprint density at radius 1 is 1.73 bits per heavy atom. The Labute approximate surface area is 66.5 Å². The molecule has 0 radical (unpaired) electrons. The molecule has 0 aromatic heterocycles. The zero-order chi connectivity index (χ0) is 8.43. The van der Waals surface area contributed by atoms with Crippen LogP contribution in [-0.2, 0) is 4.74 Å². The van der Waals surface area contributed by atoms with Gasteiger partial charge in [-0.15, -0.1) is 0 Å². The van der Waals surface area contributed by atoms with E-state index in [4.69, 9.17) is 4.74 Å². The molecule has 1 aliphatic rings. The van der Waals surface area contributed by atoms with Crippen LogP contribution in [-0.4, -0.2) is 30.8 Å². The molecule has 0 spiro atoms. The molecule has 0 aromatic rings. The molecule has 1 atom stereocenters. The summed E-state index contributed by atoms with van der Waals surface area (Å²) in [5.74, 6) is 0.425. The second-order valence-corrected chi connectivity index (χ2v) is 2.98. The van der Waals surface area contributed by atoms with E-state index in [1.807, 2.05) is 0 Å². The summed E-state index contributed by atoms with van der Waals surface area (Å²) in [6.45, 7) is 4.63. The van der Waals surface area contributed by atoms with E-state index in [0.717, 1.165) is 0 Å². The van der Waals surface area contributed by atoms with Crippen molar-refractivity contribution in [2.45, 2.75) is 19.9 Å². The molecule has 0 saturated carbocycles. The maximum Gasteiger partial charge on any atom is 0.424 e. The minimum Gasteiger partial charge on any atom is -0.446 e. The first kappa shape index (κ1) is 8.33. The van der Waals surface area contributed by atoms with Crippen molar-refractivity contribution in [2.75, 3.05) is 13.7 Å². The fraction of sp³-hybridized carbons (Fsp3) is 0.857. The number of carbonyl (C=O) groups excluding carboxylic acids is 1. The Hall–Kier alpha value is -0.770. The number of hydrogen-bond acceptors (Lipinski definition) is 3. The lowest BCUT2D eigenvalue weighted by Crippen LogP contribution is -2.44. The highest BCUT2D eigenvalue weighted by Crippen LogP contribution is 2.16. The summed E-state index contributed by atoms with van der Waals surface area (Å²) in [6, 6.07) is 0.174. The van der Waals surface area contributed by atoms with Gasteiger partial charge in [-0.1, -0.05) is 13.8 Å². The minimum atomic E-state index is -0.272. The second kappa shape index (κ2) is 3.09. The maximum atomic E-state index is 11.0. The van der Waals surface area contributed by atoms with Crippen LogP contribution < -0.4 is 5.43 Å². The summed E-state index contributed by atoms with van der Waals surface area (Å²) in [7, 11) is 1.72. The van der Waals surface area contributed by atoms with E-state index in [0.29, 0.717) is 12.5 Å². The van der Waals surface area contributed by atoms with E-state index < -0.39 is 0 Å². The third kappa shape index (κ3) is 1.45. The number of nitrogens with one attached hydrogen (secondary N) is 1. The van der Waals surface area contributed by atoms with Crippen LogP contribution in [0.3, 0.4) is 0 Å². The first-order chi connectivity index (χ1) is 5.16. The number of nitrogens with zero attached hydrogens (tertiary/aromatic N) is 1. The average Bonchev–Trinajstić information content (AvgIpc) is 2.30. The molecular formula is C7H14N2O2. The van der Waals surface area contributed by atoms with Crippen LogP contribution in [0, 0.1) is 5.92 Å². The summed E-state index contributed by atoms with van der Waals surface area (Å²) in [5.41, 5.74) is 2.80. The first-order valence-corrected chi connectivity index (χ1v) is 3.80. The number of hydrogen-bond donors (Lipinski definition) is 1.